The molecule has 1 rings (SSSR count). The van der Waals surface area contributed by atoms with Gasteiger partial charge in [0.2, 0.25) is 0 Å². The van der Waals surface area contributed by atoms with E-state index in [-0.39, 0.29) is 12.6 Å². The van der Waals surface area contributed by atoms with Crippen LogP contribution in [0.2, 0.25) is 0 Å². The topological polar surface area (TPSA) is 61.4 Å². The molecule has 0 radical (unpaired) electrons. The second kappa shape index (κ2) is 10.4. The van der Waals surface area contributed by atoms with E-state index in [1.54, 1.807) is 0 Å². The van der Waals surface area contributed by atoms with Gasteiger partial charge in [0, 0.05) is 19.7 Å². The van der Waals surface area contributed by atoms with E-state index in [1.807, 2.05) is 18.2 Å². The van der Waals surface area contributed by atoms with Crippen LogP contribution in [-0.4, -0.2) is 30.8 Å². The number of urea groups is 1. The van der Waals surface area contributed by atoms with Crippen molar-refractivity contribution in [1.82, 2.24) is 10.6 Å². The van der Waals surface area contributed by atoms with Gasteiger partial charge in [-0.05, 0) is 24.8 Å². The van der Waals surface area contributed by atoms with Crippen LogP contribution in [0, 0.1) is 0 Å². The highest BCUT2D eigenvalue weighted by Crippen LogP contribution is 1.98. The number of amides is 2. The normalized spacial score (nSPS) is 10.2. The second-order valence-electron chi connectivity index (χ2n) is 4.56. The Hall–Kier alpha value is -1.55. The van der Waals surface area contributed by atoms with Gasteiger partial charge in [-0.2, -0.15) is 0 Å². The average Bonchev–Trinajstić information content (AvgIpc) is 2.44. The summed E-state index contributed by atoms with van der Waals surface area (Å²) in [5, 5.41) is 14.3. The van der Waals surface area contributed by atoms with Crippen LogP contribution in [0.15, 0.2) is 30.3 Å². The molecule has 0 saturated heterocycles. The Morgan fingerprint density at radius 3 is 2.37 bits per heavy atom. The number of carbonyl (C=O) groups is 1. The van der Waals surface area contributed by atoms with Crippen molar-refractivity contribution < 1.29 is 9.90 Å². The number of aliphatic hydroxyl groups excluding tert-OH is 1. The fraction of sp³-hybridized carbons (Fsp3) is 0.533. The molecule has 0 unspecified atom stereocenters. The molecule has 0 aliphatic heterocycles. The summed E-state index contributed by atoms with van der Waals surface area (Å²) in [6.07, 6.45) is 4.73. The highest BCUT2D eigenvalue weighted by atomic mass is 16.2. The van der Waals surface area contributed by atoms with Gasteiger partial charge in [-0.15, -0.1) is 0 Å². The van der Waals surface area contributed by atoms with Gasteiger partial charge in [0.1, 0.15) is 0 Å². The van der Waals surface area contributed by atoms with Gasteiger partial charge >= 0.3 is 6.03 Å². The smallest absolute Gasteiger partial charge is 0.314 e. The molecule has 4 heteroatoms. The number of aliphatic hydroxyl groups is 1. The van der Waals surface area contributed by atoms with Gasteiger partial charge in [0.25, 0.3) is 0 Å². The summed E-state index contributed by atoms with van der Waals surface area (Å²) in [6.45, 7) is 1.61. The molecular formula is C15H24N2O2. The standard InChI is InChI=1S/C15H24N2O2/c18-13-7-2-1-6-11-16-15(19)17-12-10-14-8-4-3-5-9-14/h3-5,8-9,18H,1-2,6-7,10-13H2,(H2,16,17,19). The van der Waals surface area contributed by atoms with Crippen molar-refractivity contribution in [3.8, 4) is 0 Å². The quantitative estimate of drug-likeness (QED) is 0.598. The Bertz CT molecular complexity index is 341. The maximum atomic E-state index is 11.5. The molecule has 2 amide bonds. The molecule has 1 aromatic carbocycles. The fourth-order valence-electron chi connectivity index (χ4n) is 1.82. The lowest BCUT2D eigenvalue weighted by atomic mass is 10.1. The summed E-state index contributed by atoms with van der Waals surface area (Å²) in [5.74, 6) is 0. The average molecular weight is 264 g/mol. The van der Waals surface area contributed by atoms with E-state index in [1.165, 1.54) is 5.56 Å². The number of hydrogen-bond acceptors (Lipinski definition) is 2. The lowest BCUT2D eigenvalue weighted by Crippen LogP contribution is -2.37. The third-order valence-electron chi connectivity index (χ3n) is 2.91. The lowest BCUT2D eigenvalue weighted by Gasteiger charge is -2.07. The van der Waals surface area contributed by atoms with Gasteiger partial charge in [0.15, 0.2) is 0 Å². The first kappa shape index (κ1) is 15.5. The molecule has 1 aromatic rings. The Morgan fingerprint density at radius 2 is 1.63 bits per heavy atom. The van der Waals surface area contributed by atoms with Gasteiger partial charge in [-0.25, -0.2) is 4.79 Å². The predicted octanol–water partition coefficient (Wildman–Crippen LogP) is 2.08. The Morgan fingerprint density at radius 1 is 0.947 bits per heavy atom. The Kier molecular flexibility index (Phi) is 8.47. The molecule has 0 spiro atoms. The number of nitrogens with one attached hydrogen (secondary N) is 2. The molecule has 0 heterocycles. The molecule has 0 aliphatic rings. The minimum atomic E-state index is -0.0990. The zero-order chi connectivity index (χ0) is 13.8. The Labute approximate surface area is 115 Å². The highest BCUT2D eigenvalue weighted by molar-refractivity contribution is 5.73. The summed E-state index contributed by atoms with van der Waals surface area (Å²) in [4.78, 5) is 11.5. The van der Waals surface area contributed by atoms with E-state index >= 15 is 0 Å². The van der Waals surface area contributed by atoms with Crippen LogP contribution in [0.25, 0.3) is 0 Å². The number of unbranched alkanes of at least 4 members (excludes halogenated alkanes) is 3. The van der Waals surface area contributed by atoms with Crippen molar-refractivity contribution >= 4 is 6.03 Å². The molecule has 0 fully saturated rings. The number of rotatable bonds is 9. The summed E-state index contributed by atoms with van der Waals surface area (Å²) in [6, 6.07) is 10.0. The largest absolute Gasteiger partial charge is 0.396 e. The van der Waals surface area contributed by atoms with Crippen molar-refractivity contribution in [2.45, 2.75) is 32.1 Å². The summed E-state index contributed by atoms with van der Waals surface area (Å²) in [7, 11) is 0. The zero-order valence-electron chi connectivity index (χ0n) is 11.4. The van der Waals surface area contributed by atoms with Crippen LogP contribution in [0.5, 0.6) is 0 Å². The predicted molar refractivity (Wildman–Crippen MR) is 77.1 cm³/mol. The van der Waals surface area contributed by atoms with Crippen molar-refractivity contribution in [3.05, 3.63) is 35.9 Å². The summed E-state index contributed by atoms with van der Waals surface area (Å²) in [5.41, 5.74) is 1.23. The van der Waals surface area contributed by atoms with Crippen LogP contribution < -0.4 is 10.6 Å². The van der Waals surface area contributed by atoms with Crippen LogP contribution >= 0.6 is 0 Å². The van der Waals surface area contributed by atoms with Crippen LogP contribution in [-0.2, 0) is 6.42 Å². The van der Waals surface area contributed by atoms with Crippen LogP contribution in [0.1, 0.15) is 31.2 Å². The lowest BCUT2D eigenvalue weighted by molar-refractivity contribution is 0.240. The highest BCUT2D eigenvalue weighted by Gasteiger charge is 1.98. The second-order valence-corrected chi connectivity index (χ2v) is 4.56. The minimum absolute atomic E-state index is 0.0990. The van der Waals surface area contributed by atoms with E-state index in [2.05, 4.69) is 22.8 Å². The van der Waals surface area contributed by atoms with E-state index < -0.39 is 0 Å². The molecule has 0 atom stereocenters. The van der Waals surface area contributed by atoms with Crippen molar-refractivity contribution in [3.63, 3.8) is 0 Å². The number of carbonyl (C=O) groups excluding carboxylic acids is 1. The molecular weight excluding hydrogens is 240 g/mol. The summed E-state index contributed by atoms with van der Waals surface area (Å²) >= 11 is 0. The first-order chi connectivity index (χ1) is 9.33. The molecule has 0 aliphatic carbocycles. The summed E-state index contributed by atoms with van der Waals surface area (Å²) < 4.78 is 0. The van der Waals surface area contributed by atoms with Gasteiger partial charge in [-0.3, -0.25) is 0 Å². The fourth-order valence-corrected chi connectivity index (χ4v) is 1.82. The Balaban J connectivity index is 1.96. The maximum Gasteiger partial charge on any atom is 0.314 e. The first-order valence-electron chi connectivity index (χ1n) is 6.99. The zero-order valence-corrected chi connectivity index (χ0v) is 11.4. The van der Waals surface area contributed by atoms with E-state index in [4.69, 9.17) is 5.11 Å². The van der Waals surface area contributed by atoms with Gasteiger partial charge in [0.05, 0.1) is 0 Å². The number of benzene rings is 1. The minimum Gasteiger partial charge on any atom is -0.396 e. The van der Waals surface area contributed by atoms with Crippen molar-refractivity contribution in [2.24, 2.45) is 0 Å². The molecule has 0 bridgehead atoms. The third-order valence-corrected chi connectivity index (χ3v) is 2.91. The molecule has 0 saturated carbocycles. The van der Waals surface area contributed by atoms with Crippen LogP contribution in [0.3, 0.4) is 0 Å². The monoisotopic (exact) mass is 264 g/mol. The van der Waals surface area contributed by atoms with Gasteiger partial charge < -0.3 is 15.7 Å². The maximum absolute atomic E-state index is 11.5. The molecule has 106 valence electrons. The third kappa shape index (κ3) is 8.21. The first-order valence-corrected chi connectivity index (χ1v) is 6.99. The van der Waals surface area contributed by atoms with E-state index in [0.717, 1.165) is 32.1 Å². The molecule has 4 nitrogen and oxygen atoms in total. The molecule has 0 aromatic heterocycles. The van der Waals surface area contributed by atoms with Crippen molar-refractivity contribution in [1.29, 1.82) is 0 Å². The van der Waals surface area contributed by atoms with E-state index in [0.29, 0.717) is 13.1 Å². The van der Waals surface area contributed by atoms with Crippen molar-refractivity contribution in [2.75, 3.05) is 19.7 Å². The van der Waals surface area contributed by atoms with Gasteiger partial charge in [-0.1, -0.05) is 43.2 Å². The van der Waals surface area contributed by atoms with Crippen LogP contribution in [0.4, 0.5) is 4.79 Å². The molecule has 3 N–H and O–H groups in total. The van der Waals surface area contributed by atoms with E-state index in [9.17, 15) is 4.79 Å². The number of hydrogen-bond donors (Lipinski definition) is 3. The SMILES string of the molecule is O=C(NCCCCCCO)NCCc1ccccc1. The molecule has 19 heavy (non-hydrogen) atoms.